The quantitative estimate of drug-likeness (QED) is 0.283. The molecular weight excluding hydrogens is 482 g/mol. The number of benzene rings is 4. The third-order valence-electron chi connectivity index (χ3n) is 9.12. The molecule has 1 aliphatic heterocycles. The molecule has 2 aliphatic rings. The van der Waals surface area contributed by atoms with Crippen molar-refractivity contribution in [3.05, 3.63) is 147 Å². The fourth-order valence-corrected chi connectivity index (χ4v) is 6.87. The second kappa shape index (κ2) is 9.82. The van der Waals surface area contributed by atoms with Crippen LogP contribution >= 0.6 is 0 Å². The molecule has 1 unspecified atom stereocenters. The summed E-state index contributed by atoms with van der Waals surface area (Å²) in [4.78, 5) is 0. The van der Waals surface area contributed by atoms with Gasteiger partial charge in [0.05, 0.1) is 0 Å². The number of hydrogen-bond acceptors (Lipinski definition) is 1. The van der Waals surface area contributed by atoms with Crippen LogP contribution < -0.4 is 15.8 Å². The highest BCUT2D eigenvalue weighted by molar-refractivity contribution is 5.85. The van der Waals surface area contributed by atoms with Crippen LogP contribution in [0.3, 0.4) is 0 Å². The molecule has 0 radical (unpaired) electrons. The minimum absolute atomic E-state index is 0.0899. The fourth-order valence-electron chi connectivity index (χ4n) is 6.87. The Morgan fingerprint density at radius 3 is 2.33 bits per heavy atom. The molecule has 0 saturated carbocycles. The van der Waals surface area contributed by atoms with Gasteiger partial charge in [-0.15, -0.1) is 0 Å². The number of rotatable bonds is 5. The summed E-state index contributed by atoms with van der Waals surface area (Å²) < 4.78 is 0. The standard InChI is InChI=1S/C39H39N/c1-26-18-19-30(31-20-22-39(6,25-31)37-33-14-9-8-13-29(33)21-23-40-37)24-34(26)32-15-11-17-36(28(32)3)38(4,5)35-16-10-7-12-27(35)2/h7-22,24-25,40H,23H2,1-6H3. The van der Waals surface area contributed by atoms with Crippen molar-refractivity contribution in [2.24, 2.45) is 5.41 Å². The monoisotopic (exact) mass is 521 g/mol. The molecule has 4 aromatic rings. The Morgan fingerprint density at radius 1 is 0.750 bits per heavy atom. The van der Waals surface area contributed by atoms with E-state index in [0.717, 1.165) is 6.54 Å². The van der Waals surface area contributed by atoms with Crippen molar-refractivity contribution in [2.75, 3.05) is 6.54 Å². The first-order valence-corrected chi connectivity index (χ1v) is 14.4. The van der Waals surface area contributed by atoms with Crippen LogP contribution in [0.1, 0.15) is 54.2 Å². The van der Waals surface area contributed by atoms with Gasteiger partial charge < -0.3 is 5.32 Å². The summed E-state index contributed by atoms with van der Waals surface area (Å²) in [6, 6.07) is 31.3. The van der Waals surface area contributed by atoms with Crippen LogP contribution in [0, 0.1) is 26.2 Å². The summed E-state index contributed by atoms with van der Waals surface area (Å²) in [5.74, 6) is 0. The summed E-state index contributed by atoms with van der Waals surface area (Å²) in [7, 11) is 0. The number of fused-ring (bicyclic) bond motifs is 1. The molecule has 1 heterocycles. The van der Waals surface area contributed by atoms with E-state index in [0.29, 0.717) is 0 Å². The fraction of sp³-hybridized carbons (Fsp3) is 0.231. The van der Waals surface area contributed by atoms with Gasteiger partial charge in [-0.1, -0.05) is 117 Å². The van der Waals surface area contributed by atoms with Crippen molar-refractivity contribution in [3.8, 4) is 11.1 Å². The Hall–Kier alpha value is -4.10. The average molecular weight is 522 g/mol. The van der Waals surface area contributed by atoms with Crippen molar-refractivity contribution < 1.29 is 0 Å². The third kappa shape index (κ3) is 4.34. The molecule has 0 fully saturated rings. The Balaban J connectivity index is 1.42. The van der Waals surface area contributed by atoms with E-state index in [4.69, 9.17) is 0 Å². The van der Waals surface area contributed by atoms with Gasteiger partial charge in [0.25, 0.3) is 0 Å². The molecular formula is C39H39N. The van der Waals surface area contributed by atoms with Crippen LogP contribution in [-0.2, 0) is 5.41 Å². The van der Waals surface area contributed by atoms with Crippen LogP contribution in [0.2, 0.25) is 0 Å². The molecule has 1 nitrogen and oxygen atoms in total. The Kier molecular flexibility index (Phi) is 6.42. The summed E-state index contributed by atoms with van der Waals surface area (Å²) in [6.45, 7) is 14.6. The molecule has 0 amide bonds. The van der Waals surface area contributed by atoms with Crippen molar-refractivity contribution in [2.45, 2.75) is 47.0 Å². The van der Waals surface area contributed by atoms with Crippen LogP contribution in [0.25, 0.3) is 28.5 Å². The normalized spacial score (nSPS) is 18.1. The lowest BCUT2D eigenvalue weighted by Gasteiger charge is -2.30. The molecule has 1 heteroatoms. The topological polar surface area (TPSA) is 12.0 Å². The van der Waals surface area contributed by atoms with Gasteiger partial charge in [0, 0.05) is 28.3 Å². The first-order valence-electron chi connectivity index (χ1n) is 14.4. The molecule has 4 aromatic carbocycles. The highest BCUT2D eigenvalue weighted by Gasteiger charge is 2.30. The zero-order valence-corrected chi connectivity index (χ0v) is 24.6. The smallest absolute Gasteiger partial charge is 0.0450 e. The largest absolute Gasteiger partial charge is 0.383 e. The zero-order chi connectivity index (χ0) is 28.1. The van der Waals surface area contributed by atoms with Gasteiger partial charge in [-0.25, -0.2) is 0 Å². The van der Waals surface area contributed by atoms with Gasteiger partial charge in [0.15, 0.2) is 0 Å². The summed E-state index contributed by atoms with van der Waals surface area (Å²) in [5.41, 5.74) is 12.9. The van der Waals surface area contributed by atoms with Crippen molar-refractivity contribution in [1.82, 2.24) is 5.32 Å². The van der Waals surface area contributed by atoms with E-state index in [1.807, 2.05) is 0 Å². The van der Waals surface area contributed by atoms with E-state index in [-0.39, 0.29) is 10.8 Å². The number of allylic oxidation sites excluding steroid dienone is 2. The Bertz CT molecular complexity index is 1810. The molecule has 0 spiro atoms. The van der Waals surface area contributed by atoms with Gasteiger partial charge in [0.2, 0.25) is 0 Å². The summed E-state index contributed by atoms with van der Waals surface area (Å²) in [6.07, 6.45) is 9.35. The van der Waals surface area contributed by atoms with E-state index < -0.39 is 0 Å². The first-order chi connectivity index (χ1) is 19.2. The van der Waals surface area contributed by atoms with E-state index >= 15 is 0 Å². The molecule has 0 aromatic heterocycles. The number of aryl methyl sites for hydroxylation is 2. The van der Waals surface area contributed by atoms with Gasteiger partial charge in [-0.05, 0) is 89.1 Å². The Morgan fingerprint density at radius 2 is 1.50 bits per heavy atom. The predicted octanol–water partition coefficient (Wildman–Crippen LogP) is 7.76. The van der Waals surface area contributed by atoms with Crippen molar-refractivity contribution in [3.63, 3.8) is 0 Å². The van der Waals surface area contributed by atoms with E-state index in [2.05, 4.69) is 156 Å². The maximum absolute atomic E-state index is 3.69. The molecule has 0 saturated heterocycles. The van der Waals surface area contributed by atoms with Gasteiger partial charge in [-0.3, -0.25) is 0 Å². The second-order valence-electron chi connectivity index (χ2n) is 12.2. The van der Waals surface area contributed by atoms with Gasteiger partial charge in [0.1, 0.15) is 0 Å². The summed E-state index contributed by atoms with van der Waals surface area (Å²) in [5, 5.41) is 6.30. The van der Waals surface area contributed by atoms with Gasteiger partial charge in [-0.2, -0.15) is 0 Å². The maximum atomic E-state index is 3.69. The molecule has 6 rings (SSSR count). The van der Waals surface area contributed by atoms with Crippen LogP contribution in [0.4, 0.5) is 0 Å². The number of nitrogens with one attached hydrogen (secondary N) is 1. The second-order valence-corrected chi connectivity index (χ2v) is 12.2. The SMILES string of the molecule is Cc1ccc(C2=CC(C)(C3=c4ccccc4=CCN3)C=C2)cc1-c1cccc(C(C)(C)c2ccccc2C)c1C. The minimum atomic E-state index is -0.169. The first kappa shape index (κ1) is 26.1. The van der Waals surface area contributed by atoms with Crippen molar-refractivity contribution >= 4 is 17.3 Å². The van der Waals surface area contributed by atoms with E-state index in [1.165, 1.54) is 66.2 Å². The molecule has 0 bridgehead atoms. The highest BCUT2D eigenvalue weighted by Crippen LogP contribution is 2.42. The Labute approximate surface area is 239 Å². The average Bonchev–Trinajstić information content (AvgIpc) is 3.36. The zero-order valence-electron chi connectivity index (χ0n) is 24.6. The predicted molar refractivity (Wildman–Crippen MR) is 171 cm³/mol. The van der Waals surface area contributed by atoms with Crippen LogP contribution in [0.15, 0.2) is 103 Å². The molecule has 200 valence electrons. The number of hydrogen-bond donors (Lipinski definition) is 1. The molecule has 40 heavy (non-hydrogen) atoms. The van der Waals surface area contributed by atoms with Crippen molar-refractivity contribution in [1.29, 1.82) is 0 Å². The lowest BCUT2D eigenvalue weighted by atomic mass is 9.73. The molecule has 1 aliphatic carbocycles. The molecule has 1 N–H and O–H groups in total. The van der Waals surface area contributed by atoms with E-state index in [1.54, 1.807) is 0 Å². The highest BCUT2D eigenvalue weighted by atomic mass is 14.9. The lowest BCUT2D eigenvalue weighted by molar-refractivity contribution is 0.631. The van der Waals surface area contributed by atoms with E-state index in [9.17, 15) is 0 Å². The molecule has 1 atom stereocenters. The lowest BCUT2D eigenvalue weighted by Crippen LogP contribution is -2.42. The maximum Gasteiger partial charge on any atom is 0.0450 e. The van der Waals surface area contributed by atoms with Crippen LogP contribution in [-0.4, -0.2) is 6.54 Å². The van der Waals surface area contributed by atoms with Gasteiger partial charge >= 0.3 is 0 Å². The summed E-state index contributed by atoms with van der Waals surface area (Å²) >= 11 is 0. The third-order valence-corrected chi connectivity index (χ3v) is 9.12. The minimum Gasteiger partial charge on any atom is -0.383 e. The van der Waals surface area contributed by atoms with Crippen LogP contribution in [0.5, 0.6) is 0 Å².